The number of anilines is 1. The summed E-state index contributed by atoms with van der Waals surface area (Å²) in [4.78, 5) is 28.8. The lowest BCUT2D eigenvalue weighted by Gasteiger charge is -2.26. The molecule has 0 unspecified atom stereocenters. The molecular weight excluding hydrogens is 388 g/mol. The van der Waals surface area contributed by atoms with E-state index in [9.17, 15) is 23.1 Å². The number of carbonyl (C=O) groups excluding carboxylic acids is 2. The van der Waals surface area contributed by atoms with Gasteiger partial charge in [-0.05, 0) is 43.9 Å². The molecule has 2 heterocycles. The Balaban J connectivity index is 1.91. The van der Waals surface area contributed by atoms with Crippen molar-refractivity contribution in [3.05, 3.63) is 29.3 Å². The number of rotatable bonds is 5. The zero-order chi connectivity index (χ0) is 19.8. The molecule has 27 heavy (non-hydrogen) atoms. The number of aliphatic carboxylic acids is 1. The number of hydrogen-bond acceptors (Lipinski definition) is 6. The van der Waals surface area contributed by atoms with Gasteiger partial charge in [0.1, 0.15) is 0 Å². The summed E-state index contributed by atoms with van der Waals surface area (Å²) in [6, 6.07) is 5.53. The highest BCUT2D eigenvalue weighted by atomic mass is 32.2. The Kier molecular flexibility index (Phi) is 5.62. The number of nitrogens with zero attached hydrogens (tertiary/aromatic N) is 2. The Morgan fingerprint density at radius 3 is 2.70 bits per heavy atom. The quantitative estimate of drug-likeness (QED) is 0.709. The van der Waals surface area contributed by atoms with E-state index in [2.05, 4.69) is 4.99 Å². The standard InChI is InChI=1S/C18H22N2O5S2/c1-11-5-3-6-13(12(11)2)20-14-9-27(24,25)10-15(14)26-18(20)19-16(21)7-4-8-17(22)23/h3,5-6,14-15H,4,7-10H2,1-2H3,(H,22,23)/p-1/t14-,15-/m1/s1. The van der Waals surface area contributed by atoms with E-state index in [-0.39, 0.29) is 42.1 Å². The third-order valence-electron chi connectivity index (χ3n) is 4.89. The highest BCUT2D eigenvalue weighted by Gasteiger charge is 2.49. The second-order valence-electron chi connectivity index (χ2n) is 6.90. The van der Waals surface area contributed by atoms with Crippen LogP contribution in [0.15, 0.2) is 23.2 Å². The Bertz CT molecular complexity index is 910. The van der Waals surface area contributed by atoms with Gasteiger partial charge in [-0.25, -0.2) is 8.42 Å². The average Bonchev–Trinajstić information content (AvgIpc) is 3.01. The van der Waals surface area contributed by atoms with Crippen LogP contribution in [0.25, 0.3) is 0 Å². The number of sulfone groups is 1. The Morgan fingerprint density at radius 2 is 2.00 bits per heavy atom. The van der Waals surface area contributed by atoms with E-state index < -0.39 is 21.7 Å². The molecule has 0 aromatic heterocycles. The first-order valence-electron chi connectivity index (χ1n) is 8.72. The summed E-state index contributed by atoms with van der Waals surface area (Å²) in [5.74, 6) is -1.49. The van der Waals surface area contributed by atoms with Gasteiger partial charge >= 0.3 is 0 Å². The monoisotopic (exact) mass is 409 g/mol. The molecule has 0 radical (unpaired) electrons. The molecule has 1 amide bonds. The lowest BCUT2D eigenvalue weighted by atomic mass is 10.1. The Hall–Kier alpha value is -1.87. The molecule has 1 aromatic rings. The molecule has 1 aromatic carbocycles. The predicted molar refractivity (Wildman–Crippen MR) is 104 cm³/mol. The van der Waals surface area contributed by atoms with Crippen LogP contribution in [0.1, 0.15) is 30.4 Å². The number of thioether (sulfide) groups is 1. The number of amides is 1. The minimum absolute atomic E-state index is 0.0202. The van der Waals surface area contributed by atoms with Gasteiger partial charge < -0.3 is 14.8 Å². The summed E-state index contributed by atoms with van der Waals surface area (Å²) >= 11 is 1.32. The summed E-state index contributed by atoms with van der Waals surface area (Å²) in [6.45, 7) is 3.94. The number of carbonyl (C=O) groups is 2. The highest BCUT2D eigenvalue weighted by Crippen LogP contribution is 2.42. The third-order valence-corrected chi connectivity index (χ3v) is 8.10. The topological polar surface area (TPSA) is 107 Å². The van der Waals surface area contributed by atoms with Crippen LogP contribution in [0.4, 0.5) is 5.69 Å². The fraction of sp³-hybridized carbons (Fsp3) is 0.500. The summed E-state index contributed by atoms with van der Waals surface area (Å²) in [5, 5.41) is 10.8. The maximum atomic E-state index is 12.2. The fourth-order valence-corrected chi connectivity index (χ4v) is 7.31. The van der Waals surface area contributed by atoms with E-state index in [0.717, 1.165) is 16.8 Å². The number of carboxylic acid groups (broad SMARTS) is 1. The van der Waals surface area contributed by atoms with Crippen LogP contribution < -0.4 is 10.0 Å². The van der Waals surface area contributed by atoms with Crippen molar-refractivity contribution in [2.24, 2.45) is 4.99 Å². The number of aliphatic imine (C=N–C) groups is 1. The van der Waals surface area contributed by atoms with E-state index in [1.807, 2.05) is 36.9 Å². The van der Waals surface area contributed by atoms with Gasteiger partial charge in [0.2, 0.25) is 5.91 Å². The van der Waals surface area contributed by atoms with Crippen molar-refractivity contribution in [2.75, 3.05) is 16.4 Å². The first-order chi connectivity index (χ1) is 12.7. The largest absolute Gasteiger partial charge is 0.550 e. The van der Waals surface area contributed by atoms with Crippen LogP contribution in [-0.2, 0) is 19.4 Å². The van der Waals surface area contributed by atoms with Gasteiger partial charge in [-0.3, -0.25) is 4.79 Å². The number of carboxylic acids is 1. The van der Waals surface area contributed by atoms with Crippen LogP contribution in [0.5, 0.6) is 0 Å². The normalized spacial score (nSPS) is 25.0. The molecule has 9 heteroatoms. The van der Waals surface area contributed by atoms with Gasteiger partial charge in [-0.2, -0.15) is 4.99 Å². The van der Waals surface area contributed by atoms with Crippen LogP contribution in [0, 0.1) is 13.8 Å². The van der Waals surface area contributed by atoms with Gasteiger partial charge in [-0.15, -0.1) is 0 Å². The van der Waals surface area contributed by atoms with Crippen LogP contribution in [0.2, 0.25) is 0 Å². The SMILES string of the molecule is Cc1cccc(N2C(=NC(=O)CCCC(=O)[O-])S[C@@H]3CS(=O)(=O)C[C@H]32)c1C. The maximum Gasteiger partial charge on any atom is 0.248 e. The minimum atomic E-state index is -3.12. The van der Waals surface area contributed by atoms with Crippen LogP contribution in [-0.4, -0.2) is 48.3 Å². The summed E-state index contributed by atoms with van der Waals surface area (Å²) in [6.07, 6.45) is 0.00751. The molecule has 7 nitrogen and oxygen atoms in total. The van der Waals surface area contributed by atoms with E-state index in [4.69, 9.17) is 0 Å². The molecule has 0 bridgehead atoms. The molecule has 0 aliphatic carbocycles. The van der Waals surface area contributed by atoms with Gasteiger partial charge in [0, 0.05) is 23.3 Å². The second kappa shape index (κ2) is 7.63. The molecule has 2 saturated heterocycles. The lowest BCUT2D eigenvalue weighted by molar-refractivity contribution is -0.305. The fourth-order valence-electron chi connectivity index (χ4n) is 3.39. The summed E-state index contributed by atoms with van der Waals surface area (Å²) < 4.78 is 24.2. The zero-order valence-electron chi connectivity index (χ0n) is 15.2. The van der Waals surface area contributed by atoms with Crippen LogP contribution >= 0.6 is 11.8 Å². The average molecular weight is 410 g/mol. The van der Waals surface area contributed by atoms with Crippen molar-refractivity contribution in [3.63, 3.8) is 0 Å². The number of fused-ring (bicyclic) bond motifs is 1. The van der Waals surface area contributed by atoms with Crippen molar-refractivity contribution in [2.45, 2.75) is 44.4 Å². The van der Waals surface area contributed by atoms with Crippen LogP contribution in [0.3, 0.4) is 0 Å². The highest BCUT2D eigenvalue weighted by molar-refractivity contribution is 8.16. The first kappa shape index (κ1) is 19.9. The molecule has 0 N–H and O–H groups in total. The molecule has 2 aliphatic rings. The summed E-state index contributed by atoms with van der Waals surface area (Å²) in [5.41, 5.74) is 2.94. The minimum Gasteiger partial charge on any atom is -0.550 e. The predicted octanol–water partition coefficient (Wildman–Crippen LogP) is 0.825. The molecule has 2 fully saturated rings. The number of aryl methyl sites for hydroxylation is 1. The van der Waals surface area contributed by atoms with E-state index in [0.29, 0.717) is 5.17 Å². The first-order valence-corrected chi connectivity index (χ1v) is 11.4. The third kappa shape index (κ3) is 4.35. The Morgan fingerprint density at radius 1 is 1.26 bits per heavy atom. The summed E-state index contributed by atoms with van der Waals surface area (Å²) in [7, 11) is -3.12. The molecule has 2 atom stereocenters. The maximum absolute atomic E-state index is 12.2. The molecule has 0 saturated carbocycles. The molecule has 2 aliphatic heterocycles. The van der Waals surface area contributed by atoms with Crippen molar-refractivity contribution in [3.8, 4) is 0 Å². The van der Waals surface area contributed by atoms with Gasteiger partial charge in [0.05, 0.1) is 17.5 Å². The smallest absolute Gasteiger partial charge is 0.248 e. The lowest BCUT2D eigenvalue weighted by Crippen LogP contribution is -2.38. The zero-order valence-corrected chi connectivity index (χ0v) is 16.8. The number of hydrogen-bond donors (Lipinski definition) is 0. The van der Waals surface area contributed by atoms with Crippen molar-refractivity contribution in [1.82, 2.24) is 0 Å². The van der Waals surface area contributed by atoms with Crippen molar-refractivity contribution < 1.29 is 23.1 Å². The van der Waals surface area contributed by atoms with E-state index in [1.165, 1.54) is 11.8 Å². The molecule has 0 spiro atoms. The van der Waals surface area contributed by atoms with Gasteiger partial charge in [0.15, 0.2) is 15.0 Å². The van der Waals surface area contributed by atoms with E-state index in [1.54, 1.807) is 0 Å². The van der Waals surface area contributed by atoms with Crippen molar-refractivity contribution in [1.29, 1.82) is 0 Å². The number of benzene rings is 1. The molecular formula is C18H21N2O5S2-. The van der Waals surface area contributed by atoms with Gasteiger partial charge in [0.25, 0.3) is 0 Å². The second-order valence-corrected chi connectivity index (χ2v) is 10.3. The Labute approximate surface area is 162 Å². The molecule has 146 valence electrons. The molecule has 3 rings (SSSR count). The van der Waals surface area contributed by atoms with Crippen molar-refractivity contribution >= 4 is 44.3 Å². The van der Waals surface area contributed by atoms with E-state index >= 15 is 0 Å². The number of amidine groups is 1. The van der Waals surface area contributed by atoms with Gasteiger partial charge in [-0.1, -0.05) is 23.9 Å².